The Balaban J connectivity index is 2.88. The Morgan fingerprint density at radius 3 is 2.71 bits per heavy atom. The molecule has 1 unspecified atom stereocenters. The van der Waals surface area contributed by atoms with Crippen LogP contribution in [0, 0.1) is 24.1 Å². The lowest BCUT2D eigenvalue weighted by molar-refractivity contribution is 0.567. The van der Waals surface area contributed by atoms with Crippen molar-refractivity contribution in [1.29, 1.82) is 5.26 Å². The highest BCUT2D eigenvalue weighted by Gasteiger charge is 2.15. The van der Waals surface area contributed by atoms with Gasteiger partial charge in [0.05, 0.1) is 6.07 Å². The summed E-state index contributed by atoms with van der Waals surface area (Å²) in [4.78, 5) is 0. The minimum absolute atomic E-state index is 0.381. The summed E-state index contributed by atoms with van der Waals surface area (Å²) in [5.41, 5.74) is 1.02. The zero-order chi connectivity index (χ0) is 13.1. The first-order chi connectivity index (χ1) is 7.85. The van der Waals surface area contributed by atoms with E-state index in [2.05, 4.69) is 4.72 Å². The van der Waals surface area contributed by atoms with E-state index in [1.807, 2.05) is 0 Å². The van der Waals surface area contributed by atoms with Gasteiger partial charge in [0.25, 0.3) is 0 Å². The van der Waals surface area contributed by atoms with Gasteiger partial charge in [-0.2, -0.15) is 5.26 Å². The fourth-order valence-corrected chi connectivity index (χ4v) is 2.27. The van der Waals surface area contributed by atoms with Crippen LogP contribution >= 0.6 is 0 Å². The summed E-state index contributed by atoms with van der Waals surface area (Å²) in [5.74, 6) is -0.986. The molecule has 0 saturated carbocycles. The van der Waals surface area contributed by atoms with Crippen LogP contribution in [0.1, 0.15) is 24.1 Å². The summed E-state index contributed by atoms with van der Waals surface area (Å²) in [6.45, 7) is 3.22. The zero-order valence-corrected chi connectivity index (χ0v) is 10.4. The van der Waals surface area contributed by atoms with Crippen molar-refractivity contribution in [1.82, 2.24) is 4.72 Å². The Morgan fingerprint density at radius 1 is 1.53 bits per heavy atom. The fraction of sp³-hybridized carbons (Fsp3) is 0.364. The highest BCUT2D eigenvalue weighted by Crippen LogP contribution is 2.16. The van der Waals surface area contributed by atoms with Gasteiger partial charge in [-0.05, 0) is 31.0 Å². The third-order valence-corrected chi connectivity index (χ3v) is 3.53. The third kappa shape index (κ3) is 3.80. The van der Waals surface area contributed by atoms with Gasteiger partial charge in [-0.3, -0.25) is 0 Å². The molecule has 0 bridgehead atoms. The second-order valence-corrected chi connectivity index (χ2v) is 5.52. The van der Waals surface area contributed by atoms with Gasteiger partial charge in [-0.25, -0.2) is 17.5 Å². The molecule has 1 aromatic rings. The van der Waals surface area contributed by atoms with Gasteiger partial charge in [0.2, 0.25) is 10.0 Å². The summed E-state index contributed by atoms with van der Waals surface area (Å²) in [7, 11) is -3.64. The van der Waals surface area contributed by atoms with Crippen LogP contribution < -0.4 is 4.72 Å². The lowest BCUT2D eigenvalue weighted by Crippen LogP contribution is -2.28. The van der Waals surface area contributed by atoms with Crippen molar-refractivity contribution in [2.24, 2.45) is 0 Å². The van der Waals surface area contributed by atoms with E-state index in [4.69, 9.17) is 5.26 Å². The quantitative estimate of drug-likeness (QED) is 0.890. The van der Waals surface area contributed by atoms with Crippen LogP contribution in [0.3, 0.4) is 0 Å². The molecule has 0 saturated heterocycles. The van der Waals surface area contributed by atoms with E-state index in [9.17, 15) is 12.8 Å². The van der Waals surface area contributed by atoms with Crippen LogP contribution in [0.5, 0.6) is 0 Å². The first-order valence-corrected chi connectivity index (χ1v) is 6.64. The second kappa shape index (κ2) is 5.25. The first-order valence-electron chi connectivity index (χ1n) is 4.99. The maximum absolute atomic E-state index is 13.3. The molecule has 1 atom stereocenters. The van der Waals surface area contributed by atoms with Crippen molar-refractivity contribution in [3.63, 3.8) is 0 Å². The van der Waals surface area contributed by atoms with Crippen LogP contribution in [0.15, 0.2) is 18.2 Å². The average molecular weight is 256 g/mol. The van der Waals surface area contributed by atoms with Crippen LogP contribution in [-0.4, -0.2) is 14.2 Å². The molecule has 1 rings (SSSR count). The number of hydrogen-bond donors (Lipinski definition) is 1. The Bertz CT molecular complexity index is 549. The molecule has 0 aliphatic carbocycles. The van der Waals surface area contributed by atoms with Gasteiger partial charge in [-0.1, -0.05) is 12.1 Å². The van der Waals surface area contributed by atoms with Crippen LogP contribution in [0.4, 0.5) is 4.39 Å². The predicted molar refractivity (Wildman–Crippen MR) is 62.1 cm³/mol. The molecule has 0 amide bonds. The van der Waals surface area contributed by atoms with Crippen LogP contribution in [0.25, 0.3) is 0 Å². The lowest BCUT2D eigenvalue weighted by Gasteiger charge is -2.13. The monoisotopic (exact) mass is 256 g/mol. The van der Waals surface area contributed by atoms with Gasteiger partial charge >= 0.3 is 0 Å². The van der Waals surface area contributed by atoms with E-state index in [-0.39, 0.29) is 5.82 Å². The Hall–Kier alpha value is -1.45. The topological polar surface area (TPSA) is 70.0 Å². The van der Waals surface area contributed by atoms with Crippen LogP contribution in [-0.2, 0) is 10.0 Å². The third-order valence-electron chi connectivity index (χ3n) is 2.31. The smallest absolute Gasteiger partial charge is 0.211 e. The maximum Gasteiger partial charge on any atom is 0.225 e. The highest BCUT2D eigenvalue weighted by atomic mass is 32.2. The Morgan fingerprint density at radius 2 is 2.18 bits per heavy atom. The van der Waals surface area contributed by atoms with Gasteiger partial charge in [0.1, 0.15) is 5.82 Å². The van der Waals surface area contributed by atoms with Crippen molar-refractivity contribution in [3.05, 3.63) is 35.1 Å². The number of hydrogen-bond acceptors (Lipinski definition) is 3. The Labute approximate surface area is 100 Å². The van der Waals surface area contributed by atoms with E-state index in [1.54, 1.807) is 32.0 Å². The number of halogens is 1. The molecule has 0 aliphatic heterocycles. The molecule has 0 radical (unpaired) electrons. The maximum atomic E-state index is 13.3. The number of sulfonamides is 1. The molecule has 0 fully saturated rings. The first kappa shape index (κ1) is 13.6. The molecule has 0 heterocycles. The van der Waals surface area contributed by atoms with Crippen molar-refractivity contribution in [3.8, 4) is 6.07 Å². The minimum atomic E-state index is -3.64. The summed E-state index contributed by atoms with van der Waals surface area (Å²) in [6.07, 6.45) is 0. The fourth-order valence-electron chi connectivity index (χ4n) is 1.34. The lowest BCUT2D eigenvalue weighted by atomic mass is 10.1. The number of nitriles is 1. The second-order valence-electron chi connectivity index (χ2n) is 3.77. The van der Waals surface area contributed by atoms with E-state index in [0.29, 0.717) is 11.1 Å². The molecule has 4 nitrogen and oxygen atoms in total. The SMILES string of the molecule is Cc1ccc(C(C)NS(=O)(=O)CC#N)cc1F. The molecular formula is C11H13FN2O2S. The summed E-state index contributed by atoms with van der Waals surface area (Å²) < 4.78 is 38.3. The van der Waals surface area contributed by atoms with Gasteiger partial charge in [0, 0.05) is 6.04 Å². The molecule has 0 aliphatic rings. The summed E-state index contributed by atoms with van der Waals surface area (Å²) in [5, 5.41) is 8.34. The van der Waals surface area contributed by atoms with Gasteiger partial charge in [-0.15, -0.1) is 0 Å². The number of nitrogens with zero attached hydrogens (tertiary/aromatic N) is 1. The van der Waals surface area contributed by atoms with Crippen molar-refractivity contribution >= 4 is 10.0 Å². The minimum Gasteiger partial charge on any atom is -0.211 e. The van der Waals surface area contributed by atoms with Crippen molar-refractivity contribution in [2.45, 2.75) is 19.9 Å². The average Bonchev–Trinajstić information content (AvgIpc) is 2.21. The zero-order valence-electron chi connectivity index (χ0n) is 9.57. The van der Waals surface area contributed by atoms with E-state index in [1.165, 1.54) is 6.07 Å². The molecular weight excluding hydrogens is 243 g/mol. The largest absolute Gasteiger partial charge is 0.225 e. The standard InChI is InChI=1S/C11H13FN2O2S/c1-8-3-4-10(7-11(8)12)9(2)14-17(15,16)6-5-13/h3-4,7,9,14H,6H2,1-2H3. The van der Waals surface area contributed by atoms with Gasteiger partial charge < -0.3 is 0 Å². The number of benzene rings is 1. The Kier molecular flexibility index (Phi) is 4.21. The van der Waals surface area contributed by atoms with E-state index in [0.717, 1.165) is 0 Å². The summed E-state index contributed by atoms with van der Waals surface area (Å²) >= 11 is 0. The molecule has 1 aromatic carbocycles. The van der Waals surface area contributed by atoms with Crippen molar-refractivity contribution in [2.75, 3.05) is 5.75 Å². The normalized spacial score (nSPS) is 13.1. The molecule has 17 heavy (non-hydrogen) atoms. The molecule has 92 valence electrons. The van der Waals surface area contributed by atoms with Crippen LogP contribution in [0.2, 0.25) is 0 Å². The van der Waals surface area contributed by atoms with Gasteiger partial charge in [0.15, 0.2) is 5.75 Å². The molecule has 0 aromatic heterocycles. The predicted octanol–water partition coefficient (Wildman–Crippen LogP) is 1.64. The molecule has 6 heteroatoms. The number of rotatable bonds is 4. The van der Waals surface area contributed by atoms with E-state index >= 15 is 0 Å². The number of aryl methyl sites for hydroxylation is 1. The summed E-state index contributed by atoms with van der Waals surface area (Å²) in [6, 6.07) is 5.51. The number of nitrogens with one attached hydrogen (secondary N) is 1. The molecule has 0 spiro atoms. The van der Waals surface area contributed by atoms with E-state index < -0.39 is 21.8 Å². The molecule has 1 N–H and O–H groups in total. The highest BCUT2D eigenvalue weighted by molar-refractivity contribution is 7.89. The van der Waals surface area contributed by atoms with Crippen molar-refractivity contribution < 1.29 is 12.8 Å².